The van der Waals surface area contributed by atoms with Crippen molar-refractivity contribution in [2.75, 3.05) is 7.11 Å². The third kappa shape index (κ3) is 2.33. The van der Waals surface area contributed by atoms with Gasteiger partial charge in [0.25, 0.3) is 0 Å². The molecule has 4 heteroatoms. The van der Waals surface area contributed by atoms with Crippen molar-refractivity contribution in [2.24, 2.45) is 0 Å². The first-order valence-corrected chi connectivity index (χ1v) is 6.91. The highest BCUT2D eigenvalue weighted by Gasteiger charge is 2.12. The normalized spacial score (nSPS) is 11.4. The summed E-state index contributed by atoms with van der Waals surface area (Å²) in [5.41, 5.74) is 3.96. The molecule has 0 aliphatic rings. The molecule has 0 saturated heterocycles. The highest BCUT2D eigenvalue weighted by Crippen LogP contribution is 2.32. The molecule has 3 rings (SSSR count). The molecule has 4 nitrogen and oxygen atoms in total. The van der Waals surface area contributed by atoms with E-state index in [0.717, 1.165) is 33.5 Å². The molecular weight excluding hydrogens is 274 g/mol. The highest BCUT2D eigenvalue weighted by molar-refractivity contribution is 5.95. The van der Waals surface area contributed by atoms with Gasteiger partial charge in [-0.3, -0.25) is 4.98 Å². The monoisotopic (exact) mass is 289 g/mol. The zero-order valence-electron chi connectivity index (χ0n) is 12.4. The molecule has 2 aromatic heterocycles. The van der Waals surface area contributed by atoms with Crippen LogP contribution in [-0.4, -0.2) is 16.7 Å². The van der Waals surface area contributed by atoms with Crippen molar-refractivity contribution in [3.63, 3.8) is 0 Å². The van der Waals surface area contributed by atoms with E-state index in [9.17, 15) is 0 Å². The average molecular weight is 289 g/mol. The molecule has 0 fully saturated rings. The first-order valence-electron chi connectivity index (χ1n) is 6.91. The van der Waals surface area contributed by atoms with Crippen LogP contribution in [0.3, 0.4) is 0 Å². The Morgan fingerprint density at radius 1 is 1.36 bits per heavy atom. The minimum atomic E-state index is 0.794. The predicted molar refractivity (Wildman–Crippen MR) is 86.9 cm³/mol. The molecule has 1 aromatic carbocycles. The number of nitrogens with zero attached hydrogens (tertiary/aromatic N) is 3. The summed E-state index contributed by atoms with van der Waals surface area (Å²) in [5, 5.41) is 9.98. The van der Waals surface area contributed by atoms with Gasteiger partial charge in [-0.15, -0.1) is 0 Å². The smallest absolute Gasteiger partial charge is 0.119 e. The minimum absolute atomic E-state index is 0.794. The SMILES string of the molecule is COc1ccc2c(c1)c(/C(C)=C/C#N)cn2-c1cccnc1. The minimum Gasteiger partial charge on any atom is -0.497 e. The summed E-state index contributed by atoms with van der Waals surface area (Å²) in [6.45, 7) is 1.94. The van der Waals surface area contributed by atoms with E-state index in [1.54, 1.807) is 19.4 Å². The summed E-state index contributed by atoms with van der Waals surface area (Å²) in [6.07, 6.45) is 7.16. The van der Waals surface area contributed by atoms with E-state index in [1.165, 1.54) is 0 Å². The second kappa shape index (κ2) is 5.74. The largest absolute Gasteiger partial charge is 0.497 e. The molecular formula is C18H15N3O. The molecule has 0 amide bonds. The zero-order valence-corrected chi connectivity index (χ0v) is 12.4. The Balaban J connectivity index is 2.31. The Morgan fingerprint density at radius 2 is 2.23 bits per heavy atom. The van der Waals surface area contributed by atoms with Gasteiger partial charge in [0.1, 0.15) is 5.75 Å². The molecule has 0 unspecified atom stereocenters. The van der Waals surface area contributed by atoms with Crippen LogP contribution in [0.25, 0.3) is 22.2 Å². The third-order valence-corrected chi connectivity index (χ3v) is 3.64. The van der Waals surface area contributed by atoms with Gasteiger partial charge in [0, 0.05) is 29.4 Å². The Hall–Kier alpha value is -3.06. The number of rotatable bonds is 3. The number of nitriles is 1. The lowest BCUT2D eigenvalue weighted by Gasteiger charge is -2.05. The number of hydrogen-bond acceptors (Lipinski definition) is 3. The maximum Gasteiger partial charge on any atom is 0.119 e. The van der Waals surface area contributed by atoms with Gasteiger partial charge in [-0.05, 0) is 42.8 Å². The molecule has 0 aliphatic carbocycles. The summed E-state index contributed by atoms with van der Waals surface area (Å²) in [5.74, 6) is 0.794. The van der Waals surface area contributed by atoms with Crippen LogP contribution in [0.5, 0.6) is 5.75 Å². The van der Waals surface area contributed by atoms with Gasteiger partial charge < -0.3 is 9.30 Å². The van der Waals surface area contributed by atoms with Gasteiger partial charge >= 0.3 is 0 Å². The third-order valence-electron chi connectivity index (χ3n) is 3.64. The number of benzene rings is 1. The summed E-state index contributed by atoms with van der Waals surface area (Å²) in [6, 6.07) is 11.9. The van der Waals surface area contributed by atoms with Crippen LogP contribution in [0.2, 0.25) is 0 Å². The van der Waals surface area contributed by atoms with Crippen LogP contribution < -0.4 is 4.74 Å². The number of allylic oxidation sites excluding steroid dienone is 2. The van der Waals surface area contributed by atoms with Crippen molar-refractivity contribution in [3.05, 3.63) is 60.6 Å². The fraction of sp³-hybridized carbons (Fsp3) is 0.111. The van der Waals surface area contributed by atoms with Crippen LogP contribution >= 0.6 is 0 Å². The zero-order chi connectivity index (χ0) is 15.5. The van der Waals surface area contributed by atoms with E-state index < -0.39 is 0 Å². The Morgan fingerprint density at radius 3 is 2.91 bits per heavy atom. The molecule has 0 bridgehead atoms. The van der Waals surface area contributed by atoms with Crippen LogP contribution in [0.4, 0.5) is 0 Å². The second-order valence-corrected chi connectivity index (χ2v) is 4.96. The van der Waals surface area contributed by atoms with Crippen LogP contribution in [-0.2, 0) is 0 Å². The molecule has 0 radical (unpaired) electrons. The second-order valence-electron chi connectivity index (χ2n) is 4.96. The van der Waals surface area contributed by atoms with Gasteiger partial charge in [0.15, 0.2) is 0 Å². The Kier molecular flexibility index (Phi) is 3.63. The summed E-state index contributed by atoms with van der Waals surface area (Å²) in [4.78, 5) is 4.18. The molecule has 0 spiro atoms. The number of ether oxygens (including phenoxy) is 1. The molecule has 0 saturated carbocycles. The maximum atomic E-state index is 8.93. The lowest BCUT2D eigenvalue weighted by atomic mass is 10.1. The lowest BCUT2D eigenvalue weighted by Crippen LogP contribution is -1.92. The van der Waals surface area contributed by atoms with Crippen molar-refractivity contribution in [1.82, 2.24) is 9.55 Å². The molecule has 0 N–H and O–H groups in total. The predicted octanol–water partition coefficient (Wildman–Crippen LogP) is 3.96. The molecule has 0 aliphatic heterocycles. The summed E-state index contributed by atoms with van der Waals surface area (Å²) >= 11 is 0. The first kappa shape index (κ1) is 13.9. The maximum absolute atomic E-state index is 8.93. The standard InChI is InChI=1S/C18H15N3O/c1-13(7-8-19)17-12-21(14-4-3-9-20-11-14)18-6-5-15(22-2)10-16(17)18/h3-7,9-12H,1-2H3/b13-7+. The Labute approximate surface area is 128 Å². The number of hydrogen-bond donors (Lipinski definition) is 0. The number of fused-ring (bicyclic) bond motifs is 1. The molecule has 3 aromatic rings. The van der Waals surface area contributed by atoms with Crippen molar-refractivity contribution in [3.8, 4) is 17.5 Å². The molecule has 2 heterocycles. The van der Waals surface area contributed by atoms with Crippen molar-refractivity contribution < 1.29 is 4.74 Å². The lowest BCUT2D eigenvalue weighted by molar-refractivity contribution is 0.415. The first-order chi connectivity index (χ1) is 10.7. The Bertz CT molecular complexity index is 886. The quantitative estimate of drug-likeness (QED) is 0.686. The topological polar surface area (TPSA) is 50.8 Å². The van der Waals surface area contributed by atoms with E-state index in [0.29, 0.717) is 0 Å². The fourth-order valence-corrected chi connectivity index (χ4v) is 2.53. The average Bonchev–Trinajstić information content (AvgIpc) is 2.94. The van der Waals surface area contributed by atoms with Crippen LogP contribution in [0.15, 0.2) is 55.0 Å². The molecule has 22 heavy (non-hydrogen) atoms. The van der Waals surface area contributed by atoms with Gasteiger partial charge in [-0.2, -0.15) is 5.26 Å². The van der Waals surface area contributed by atoms with E-state index in [4.69, 9.17) is 10.00 Å². The number of aromatic nitrogens is 2. The number of pyridine rings is 1. The number of methoxy groups -OCH3 is 1. The van der Waals surface area contributed by atoms with Gasteiger partial charge in [0.05, 0.1) is 30.6 Å². The van der Waals surface area contributed by atoms with E-state index in [1.807, 2.05) is 49.6 Å². The summed E-state index contributed by atoms with van der Waals surface area (Å²) < 4.78 is 7.40. The van der Waals surface area contributed by atoms with E-state index >= 15 is 0 Å². The van der Waals surface area contributed by atoms with Crippen LogP contribution in [0, 0.1) is 11.3 Å². The summed E-state index contributed by atoms with van der Waals surface area (Å²) in [7, 11) is 1.65. The molecule has 108 valence electrons. The van der Waals surface area contributed by atoms with Gasteiger partial charge in [-0.1, -0.05) is 0 Å². The fourth-order valence-electron chi connectivity index (χ4n) is 2.53. The van der Waals surface area contributed by atoms with Crippen LogP contribution in [0.1, 0.15) is 12.5 Å². The van der Waals surface area contributed by atoms with Gasteiger partial charge in [-0.25, -0.2) is 0 Å². The van der Waals surface area contributed by atoms with E-state index in [-0.39, 0.29) is 0 Å². The van der Waals surface area contributed by atoms with Crippen molar-refractivity contribution in [2.45, 2.75) is 6.92 Å². The van der Waals surface area contributed by atoms with Gasteiger partial charge in [0.2, 0.25) is 0 Å². The van der Waals surface area contributed by atoms with E-state index in [2.05, 4.69) is 15.6 Å². The molecule has 0 atom stereocenters. The van der Waals surface area contributed by atoms with Crippen molar-refractivity contribution >= 4 is 16.5 Å². The highest BCUT2D eigenvalue weighted by atomic mass is 16.5. The van der Waals surface area contributed by atoms with Crippen molar-refractivity contribution in [1.29, 1.82) is 5.26 Å².